The summed E-state index contributed by atoms with van der Waals surface area (Å²) in [6.45, 7) is 4.52. The van der Waals surface area contributed by atoms with Gasteiger partial charge in [0, 0.05) is 37.3 Å². The van der Waals surface area contributed by atoms with E-state index in [1.165, 1.54) is 25.7 Å². The first-order valence-corrected chi connectivity index (χ1v) is 10.3. The molecular weight excluding hydrogens is 344 g/mol. The number of phenols is 1. The van der Waals surface area contributed by atoms with E-state index in [1.807, 2.05) is 4.90 Å². The normalized spacial score (nSPS) is 28.7. The lowest BCUT2D eigenvalue weighted by Gasteiger charge is -2.48. The standard InChI is InChI=1S/C21H28N2O4/c24-18-7-16(8-19(9-18)27-11-14-1-2-14)21(25)22-5-6-23-17(10-22)12-26-13-20(23)15-3-4-15/h7-9,14-15,17,20,24H,1-6,10-13H2/t17-,20-/m1/s1. The van der Waals surface area contributed by atoms with Crippen LogP contribution in [-0.4, -0.2) is 72.4 Å². The largest absolute Gasteiger partial charge is 0.508 e. The molecule has 4 fully saturated rings. The minimum Gasteiger partial charge on any atom is -0.508 e. The predicted molar refractivity (Wildman–Crippen MR) is 100 cm³/mol. The molecule has 6 heteroatoms. The van der Waals surface area contributed by atoms with Crippen molar-refractivity contribution in [2.24, 2.45) is 11.8 Å². The lowest BCUT2D eigenvalue weighted by molar-refractivity contribution is -0.0816. The third-order valence-corrected chi connectivity index (χ3v) is 6.33. The average molecular weight is 372 g/mol. The molecule has 1 N–H and O–H groups in total. The monoisotopic (exact) mass is 372 g/mol. The maximum Gasteiger partial charge on any atom is 0.254 e. The quantitative estimate of drug-likeness (QED) is 0.858. The van der Waals surface area contributed by atoms with Crippen molar-refractivity contribution in [1.29, 1.82) is 0 Å². The number of carbonyl (C=O) groups excluding carboxylic acids is 1. The molecule has 0 bridgehead atoms. The van der Waals surface area contributed by atoms with Crippen LogP contribution in [0.15, 0.2) is 18.2 Å². The molecule has 2 saturated carbocycles. The maximum atomic E-state index is 13.1. The van der Waals surface area contributed by atoms with Crippen LogP contribution in [0.1, 0.15) is 36.0 Å². The maximum absolute atomic E-state index is 13.1. The summed E-state index contributed by atoms with van der Waals surface area (Å²) in [6, 6.07) is 5.71. The fourth-order valence-electron chi connectivity index (χ4n) is 4.42. The van der Waals surface area contributed by atoms with E-state index in [1.54, 1.807) is 18.2 Å². The molecule has 0 radical (unpaired) electrons. The van der Waals surface area contributed by atoms with Crippen LogP contribution in [0, 0.1) is 11.8 Å². The number of benzene rings is 1. The summed E-state index contributed by atoms with van der Waals surface area (Å²) in [4.78, 5) is 17.5. The van der Waals surface area contributed by atoms with Gasteiger partial charge in [0.05, 0.1) is 25.9 Å². The highest BCUT2D eigenvalue weighted by molar-refractivity contribution is 5.95. The molecule has 1 aromatic rings. The summed E-state index contributed by atoms with van der Waals surface area (Å²) in [5, 5.41) is 10.0. The molecule has 2 aliphatic carbocycles. The second-order valence-electron chi connectivity index (χ2n) is 8.56. The predicted octanol–water partition coefficient (Wildman–Crippen LogP) is 2.12. The fourth-order valence-corrected chi connectivity index (χ4v) is 4.42. The lowest BCUT2D eigenvalue weighted by Crippen LogP contribution is -2.63. The van der Waals surface area contributed by atoms with Crippen molar-refractivity contribution in [2.75, 3.05) is 39.5 Å². The van der Waals surface area contributed by atoms with E-state index in [-0.39, 0.29) is 17.7 Å². The molecule has 2 saturated heterocycles. The Balaban J connectivity index is 1.26. The van der Waals surface area contributed by atoms with Gasteiger partial charge in [0.15, 0.2) is 0 Å². The van der Waals surface area contributed by atoms with Gasteiger partial charge < -0.3 is 19.5 Å². The SMILES string of the molecule is O=C(c1cc(O)cc(OCC2CC2)c1)N1CCN2[C@@H](COC[C@@H]2C2CC2)C1. The zero-order valence-corrected chi connectivity index (χ0v) is 15.7. The van der Waals surface area contributed by atoms with Crippen LogP contribution < -0.4 is 4.74 Å². The molecule has 4 aliphatic rings. The molecule has 0 aromatic heterocycles. The topological polar surface area (TPSA) is 62.2 Å². The van der Waals surface area contributed by atoms with Gasteiger partial charge in [-0.2, -0.15) is 0 Å². The number of rotatable bonds is 5. The molecule has 2 heterocycles. The highest BCUT2D eigenvalue weighted by Gasteiger charge is 2.43. The van der Waals surface area contributed by atoms with E-state index < -0.39 is 0 Å². The number of ether oxygens (including phenoxy) is 2. The Hall–Kier alpha value is -1.79. The number of fused-ring (bicyclic) bond motifs is 1. The Morgan fingerprint density at radius 1 is 1.15 bits per heavy atom. The van der Waals surface area contributed by atoms with E-state index in [0.717, 1.165) is 25.6 Å². The fraction of sp³-hybridized carbons (Fsp3) is 0.667. The molecule has 5 rings (SSSR count). The summed E-state index contributed by atoms with van der Waals surface area (Å²) in [6.07, 6.45) is 5.04. The lowest BCUT2D eigenvalue weighted by atomic mass is 10.0. The van der Waals surface area contributed by atoms with Gasteiger partial charge in [0.2, 0.25) is 0 Å². The summed E-state index contributed by atoms with van der Waals surface area (Å²) < 4.78 is 11.6. The Morgan fingerprint density at radius 2 is 2.00 bits per heavy atom. The van der Waals surface area contributed by atoms with Gasteiger partial charge >= 0.3 is 0 Å². The number of aromatic hydroxyl groups is 1. The summed E-state index contributed by atoms with van der Waals surface area (Å²) in [7, 11) is 0. The van der Waals surface area contributed by atoms with Crippen LogP contribution in [-0.2, 0) is 4.74 Å². The second-order valence-corrected chi connectivity index (χ2v) is 8.56. The van der Waals surface area contributed by atoms with Gasteiger partial charge in [-0.05, 0) is 49.7 Å². The van der Waals surface area contributed by atoms with Crippen LogP contribution in [0.5, 0.6) is 11.5 Å². The van der Waals surface area contributed by atoms with Crippen molar-refractivity contribution in [3.05, 3.63) is 23.8 Å². The molecule has 6 nitrogen and oxygen atoms in total. The molecule has 1 aromatic carbocycles. The molecule has 2 aliphatic heterocycles. The highest BCUT2D eigenvalue weighted by Crippen LogP contribution is 2.38. The minimum absolute atomic E-state index is 0.0321. The van der Waals surface area contributed by atoms with E-state index in [9.17, 15) is 9.90 Å². The number of amides is 1. The Labute approximate surface area is 160 Å². The Morgan fingerprint density at radius 3 is 2.78 bits per heavy atom. The van der Waals surface area contributed by atoms with Crippen molar-refractivity contribution in [1.82, 2.24) is 9.80 Å². The molecule has 146 valence electrons. The van der Waals surface area contributed by atoms with E-state index in [4.69, 9.17) is 9.47 Å². The van der Waals surface area contributed by atoms with E-state index >= 15 is 0 Å². The zero-order chi connectivity index (χ0) is 18.4. The van der Waals surface area contributed by atoms with E-state index in [2.05, 4.69) is 4.90 Å². The van der Waals surface area contributed by atoms with Crippen molar-refractivity contribution in [3.8, 4) is 11.5 Å². The van der Waals surface area contributed by atoms with Crippen LogP contribution >= 0.6 is 0 Å². The second kappa shape index (κ2) is 6.99. The van der Waals surface area contributed by atoms with Crippen LogP contribution in [0.3, 0.4) is 0 Å². The summed E-state index contributed by atoms with van der Waals surface area (Å²) >= 11 is 0. The first-order valence-electron chi connectivity index (χ1n) is 10.3. The molecule has 2 atom stereocenters. The smallest absolute Gasteiger partial charge is 0.254 e. The molecule has 27 heavy (non-hydrogen) atoms. The highest BCUT2D eigenvalue weighted by atomic mass is 16.5. The minimum atomic E-state index is -0.0321. The van der Waals surface area contributed by atoms with Gasteiger partial charge in [0.25, 0.3) is 5.91 Å². The number of morpholine rings is 1. The van der Waals surface area contributed by atoms with Crippen molar-refractivity contribution in [3.63, 3.8) is 0 Å². The zero-order valence-electron chi connectivity index (χ0n) is 15.7. The number of piperazine rings is 1. The molecule has 0 spiro atoms. The number of hydrogen-bond donors (Lipinski definition) is 1. The number of carbonyl (C=O) groups is 1. The van der Waals surface area contributed by atoms with Crippen LogP contribution in [0.25, 0.3) is 0 Å². The van der Waals surface area contributed by atoms with Gasteiger partial charge in [-0.1, -0.05) is 0 Å². The van der Waals surface area contributed by atoms with Gasteiger partial charge in [-0.15, -0.1) is 0 Å². The van der Waals surface area contributed by atoms with E-state index in [0.29, 0.717) is 43.0 Å². The van der Waals surface area contributed by atoms with Crippen molar-refractivity contribution < 1.29 is 19.4 Å². The van der Waals surface area contributed by atoms with Gasteiger partial charge in [-0.25, -0.2) is 0 Å². The van der Waals surface area contributed by atoms with Gasteiger partial charge in [0.1, 0.15) is 11.5 Å². The first kappa shape index (κ1) is 17.3. The third kappa shape index (κ3) is 3.78. The first-order chi connectivity index (χ1) is 13.2. The number of nitrogens with zero attached hydrogens (tertiary/aromatic N) is 2. The molecule has 1 amide bonds. The average Bonchev–Trinajstić information content (AvgIpc) is 3.58. The molecule has 0 unspecified atom stereocenters. The molecular formula is C21H28N2O4. The van der Waals surface area contributed by atoms with Crippen LogP contribution in [0.4, 0.5) is 0 Å². The van der Waals surface area contributed by atoms with Crippen molar-refractivity contribution in [2.45, 2.75) is 37.8 Å². The Kier molecular flexibility index (Phi) is 4.48. The third-order valence-electron chi connectivity index (χ3n) is 6.33. The van der Waals surface area contributed by atoms with Gasteiger partial charge in [-0.3, -0.25) is 9.69 Å². The number of phenolic OH excluding ortho intramolecular Hbond substituents is 1. The summed E-state index contributed by atoms with van der Waals surface area (Å²) in [5.41, 5.74) is 0.504. The summed E-state index contributed by atoms with van der Waals surface area (Å²) in [5.74, 6) is 2.05. The number of hydrogen-bond acceptors (Lipinski definition) is 5. The Bertz CT molecular complexity index is 716. The van der Waals surface area contributed by atoms with Crippen LogP contribution in [0.2, 0.25) is 0 Å². The van der Waals surface area contributed by atoms with Crippen molar-refractivity contribution >= 4 is 5.91 Å².